The molecular formula is C16H19ClN2O3. The largest absolute Gasteiger partial charge is 0.478 e. The first-order valence-corrected chi connectivity index (χ1v) is 7.81. The number of fused-ring (bicyclic) bond motifs is 1. The van der Waals surface area contributed by atoms with Crippen molar-refractivity contribution in [3.63, 3.8) is 0 Å². The summed E-state index contributed by atoms with van der Waals surface area (Å²) >= 11 is 5.95. The highest BCUT2D eigenvalue weighted by molar-refractivity contribution is 6.32. The van der Waals surface area contributed by atoms with Gasteiger partial charge in [0.15, 0.2) is 0 Å². The first kappa shape index (κ1) is 16.5. The second-order valence-electron chi connectivity index (χ2n) is 5.34. The SMILES string of the molecule is CCCC(CCC)n1cnc2c(C(=O)O)cc(Cl)cc2c1=O. The van der Waals surface area contributed by atoms with Gasteiger partial charge in [-0.25, -0.2) is 9.78 Å². The standard InChI is InChI=1S/C16H19ClN2O3/c1-3-5-11(6-4-2)19-9-18-14-12(15(19)20)7-10(17)8-13(14)16(21)22/h7-9,11H,3-6H2,1-2H3,(H,21,22). The Kier molecular flexibility index (Phi) is 5.19. The van der Waals surface area contributed by atoms with Gasteiger partial charge in [0.1, 0.15) is 0 Å². The summed E-state index contributed by atoms with van der Waals surface area (Å²) < 4.78 is 1.61. The first-order valence-electron chi connectivity index (χ1n) is 7.43. The Morgan fingerprint density at radius 2 is 1.95 bits per heavy atom. The molecule has 0 aliphatic rings. The van der Waals surface area contributed by atoms with Gasteiger partial charge in [-0.3, -0.25) is 9.36 Å². The van der Waals surface area contributed by atoms with Crippen LogP contribution in [0.25, 0.3) is 10.9 Å². The number of aromatic carboxylic acids is 1. The van der Waals surface area contributed by atoms with Crippen LogP contribution in [-0.2, 0) is 0 Å². The Bertz CT molecular complexity index is 749. The fraction of sp³-hybridized carbons (Fsp3) is 0.438. The van der Waals surface area contributed by atoms with E-state index in [1.54, 1.807) is 4.57 Å². The van der Waals surface area contributed by atoms with E-state index in [4.69, 9.17) is 11.6 Å². The van der Waals surface area contributed by atoms with E-state index in [0.717, 1.165) is 25.7 Å². The first-order chi connectivity index (χ1) is 10.5. The van der Waals surface area contributed by atoms with Gasteiger partial charge in [-0.05, 0) is 25.0 Å². The smallest absolute Gasteiger partial charge is 0.337 e. The maximum Gasteiger partial charge on any atom is 0.337 e. The van der Waals surface area contributed by atoms with Crippen molar-refractivity contribution in [2.75, 3.05) is 0 Å². The quantitative estimate of drug-likeness (QED) is 0.875. The lowest BCUT2D eigenvalue weighted by Gasteiger charge is -2.18. The zero-order chi connectivity index (χ0) is 16.3. The van der Waals surface area contributed by atoms with Gasteiger partial charge in [0.05, 0.1) is 22.8 Å². The number of benzene rings is 1. The van der Waals surface area contributed by atoms with Crippen molar-refractivity contribution in [1.29, 1.82) is 0 Å². The van der Waals surface area contributed by atoms with Gasteiger partial charge in [-0.1, -0.05) is 38.3 Å². The highest BCUT2D eigenvalue weighted by Gasteiger charge is 2.17. The molecule has 1 heterocycles. The monoisotopic (exact) mass is 322 g/mol. The third-order valence-electron chi connectivity index (χ3n) is 3.72. The van der Waals surface area contributed by atoms with Crippen molar-refractivity contribution in [2.45, 2.75) is 45.6 Å². The van der Waals surface area contributed by atoms with Gasteiger partial charge in [0.2, 0.25) is 0 Å². The second kappa shape index (κ2) is 6.92. The van der Waals surface area contributed by atoms with Crippen LogP contribution in [0.3, 0.4) is 0 Å². The molecule has 0 saturated carbocycles. The van der Waals surface area contributed by atoms with Crippen molar-refractivity contribution < 1.29 is 9.90 Å². The number of aromatic nitrogens is 2. The van der Waals surface area contributed by atoms with E-state index in [2.05, 4.69) is 18.8 Å². The average molecular weight is 323 g/mol. The molecular weight excluding hydrogens is 304 g/mol. The third-order valence-corrected chi connectivity index (χ3v) is 3.94. The molecule has 0 spiro atoms. The number of carbonyl (C=O) groups is 1. The zero-order valence-electron chi connectivity index (χ0n) is 12.7. The maximum absolute atomic E-state index is 12.7. The molecule has 0 atom stereocenters. The van der Waals surface area contributed by atoms with E-state index in [9.17, 15) is 14.7 Å². The maximum atomic E-state index is 12.7. The van der Waals surface area contributed by atoms with Gasteiger partial charge in [0.25, 0.3) is 5.56 Å². The average Bonchev–Trinajstić information content (AvgIpc) is 2.47. The summed E-state index contributed by atoms with van der Waals surface area (Å²) in [5, 5.41) is 9.72. The predicted molar refractivity (Wildman–Crippen MR) is 86.8 cm³/mol. The van der Waals surface area contributed by atoms with Crippen molar-refractivity contribution in [3.05, 3.63) is 39.4 Å². The molecule has 6 heteroatoms. The van der Waals surface area contributed by atoms with Gasteiger partial charge in [0, 0.05) is 11.1 Å². The van der Waals surface area contributed by atoms with Crippen molar-refractivity contribution >= 4 is 28.5 Å². The lowest BCUT2D eigenvalue weighted by atomic mass is 10.1. The molecule has 0 bridgehead atoms. The molecule has 0 unspecified atom stereocenters. The van der Waals surface area contributed by atoms with Crippen LogP contribution >= 0.6 is 11.6 Å². The molecule has 1 aromatic heterocycles. The molecule has 0 fully saturated rings. The number of hydrogen-bond acceptors (Lipinski definition) is 3. The lowest BCUT2D eigenvalue weighted by Crippen LogP contribution is -2.25. The normalized spacial score (nSPS) is 11.3. The van der Waals surface area contributed by atoms with E-state index in [0.29, 0.717) is 0 Å². The molecule has 118 valence electrons. The molecule has 22 heavy (non-hydrogen) atoms. The molecule has 2 aromatic rings. The molecule has 0 aliphatic heterocycles. The molecule has 2 rings (SSSR count). The van der Waals surface area contributed by atoms with Crippen LogP contribution in [0.5, 0.6) is 0 Å². The van der Waals surface area contributed by atoms with Crippen molar-refractivity contribution in [2.24, 2.45) is 0 Å². The predicted octanol–water partition coefficient (Wildman–Crippen LogP) is 3.89. The van der Waals surface area contributed by atoms with Crippen molar-refractivity contribution in [1.82, 2.24) is 9.55 Å². The highest BCUT2D eigenvalue weighted by Crippen LogP contribution is 2.23. The van der Waals surface area contributed by atoms with Gasteiger partial charge >= 0.3 is 5.97 Å². The Hall–Kier alpha value is -1.88. The summed E-state index contributed by atoms with van der Waals surface area (Å²) in [4.78, 5) is 28.2. The topological polar surface area (TPSA) is 72.2 Å². The zero-order valence-corrected chi connectivity index (χ0v) is 13.4. The molecule has 1 aromatic carbocycles. The molecule has 0 saturated heterocycles. The van der Waals surface area contributed by atoms with Gasteiger partial charge < -0.3 is 5.11 Å². The van der Waals surface area contributed by atoms with E-state index in [-0.39, 0.29) is 33.1 Å². The van der Waals surface area contributed by atoms with E-state index in [1.165, 1.54) is 18.5 Å². The van der Waals surface area contributed by atoms with Crippen molar-refractivity contribution in [3.8, 4) is 0 Å². The fourth-order valence-corrected chi connectivity index (χ4v) is 2.94. The Balaban J connectivity index is 2.68. The van der Waals surface area contributed by atoms with E-state index >= 15 is 0 Å². The number of rotatable bonds is 6. The van der Waals surface area contributed by atoms with Gasteiger partial charge in [-0.15, -0.1) is 0 Å². The molecule has 0 amide bonds. The van der Waals surface area contributed by atoms with Crippen LogP contribution < -0.4 is 5.56 Å². The Labute approximate surface area is 133 Å². The number of halogens is 1. The Morgan fingerprint density at radius 3 is 2.50 bits per heavy atom. The fourth-order valence-electron chi connectivity index (χ4n) is 2.72. The summed E-state index contributed by atoms with van der Waals surface area (Å²) in [6.45, 7) is 4.14. The van der Waals surface area contributed by atoms with Crippen LogP contribution in [0, 0.1) is 0 Å². The minimum atomic E-state index is -1.14. The van der Waals surface area contributed by atoms with Crippen LogP contribution in [0.4, 0.5) is 0 Å². The minimum Gasteiger partial charge on any atom is -0.478 e. The molecule has 0 aliphatic carbocycles. The third kappa shape index (κ3) is 3.14. The molecule has 5 nitrogen and oxygen atoms in total. The minimum absolute atomic E-state index is 0.0470. The second-order valence-corrected chi connectivity index (χ2v) is 5.78. The number of nitrogens with zero attached hydrogens (tertiary/aromatic N) is 2. The van der Waals surface area contributed by atoms with Crippen LogP contribution in [0.1, 0.15) is 55.9 Å². The number of carboxylic acid groups (broad SMARTS) is 1. The Morgan fingerprint density at radius 1 is 1.32 bits per heavy atom. The summed E-state index contributed by atoms with van der Waals surface area (Å²) in [6, 6.07) is 2.88. The van der Waals surface area contributed by atoms with Crippen LogP contribution in [0.2, 0.25) is 5.02 Å². The number of hydrogen-bond donors (Lipinski definition) is 1. The summed E-state index contributed by atoms with van der Waals surface area (Å²) in [7, 11) is 0. The van der Waals surface area contributed by atoms with Crippen LogP contribution in [0.15, 0.2) is 23.3 Å². The molecule has 0 radical (unpaired) electrons. The van der Waals surface area contributed by atoms with E-state index < -0.39 is 5.97 Å². The lowest BCUT2D eigenvalue weighted by molar-refractivity contribution is 0.0699. The summed E-state index contributed by atoms with van der Waals surface area (Å²) in [5.74, 6) is -1.14. The summed E-state index contributed by atoms with van der Waals surface area (Å²) in [6.07, 6.45) is 5.15. The molecule has 1 N–H and O–H groups in total. The number of carboxylic acids is 1. The summed E-state index contributed by atoms with van der Waals surface area (Å²) in [5.41, 5.74) is -0.0962. The van der Waals surface area contributed by atoms with E-state index in [1.807, 2.05) is 0 Å². The highest BCUT2D eigenvalue weighted by atomic mass is 35.5. The van der Waals surface area contributed by atoms with Crippen LogP contribution in [-0.4, -0.2) is 20.6 Å². The van der Waals surface area contributed by atoms with Gasteiger partial charge in [-0.2, -0.15) is 0 Å².